The first-order valence-electron chi connectivity index (χ1n) is 10.9. The molecule has 160 valence electrons. The molecule has 3 aromatic heterocycles. The summed E-state index contributed by atoms with van der Waals surface area (Å²) in [6.07, 6.45) is 4.90. The van der Waals surface area contributed by atoms with Gasteiger partial charge in [0.25, 0.3) is 0 Å². The number of benzene rings is 2. The minimum absolute atomic E-state index is 0.278. The normalized spacial score (nSPS) is 13.9. The zero-order valence-electron chi connectivity index (χ0n) is 17.7. The van der Waals surface area contributed by atoms with Gasteiger partial charge in [-0.05, 0) is 62.1 Å². The van der Waals surface area contributed by atoms with E-state index in [1.807, 2.05) is 18.5 Å². The number of carbonyl (C=O) groups is 1. The molecule has 7 nitrogen and oxygen atoms in total. The summed E-state index contributed by atoms with van der Waals surface area (Å²) in [6.45, 7) is 3.94. The van der Waals surface area contributed by atoms with Crippen molar-refractivity contribution in [2.24, 2.45) is 5.92 Å². The molecule has 1 aliphatic carbocycles. The summed E-state index contributed by atoms with van der Waals surface area (Å²) in [5.41, 5.74) is 5.12. The summed E-state index contributed by atoms with van der Waals surface area (Å²) in [7, 11) is 0. The minimum atomic E-state index is -1.33. The summed E-state index contributed by atoms with van der Waals surface area (Å²) in [5.74, 6) is 1.83. The van der Waals surface area contributed by atoms with Crippen LogP contribution in [0.5, 0.6) is 5.75 Å². The predicted molar refractivity (Wildman–Crippen MR) is 123 cm³/mol. The number of hydrogen-bond donors (Lipinski definition) is 1. The van der Waals surface area contributed by atoms with Crippen molar-refractivity contribution in [3.63, 3.8) is 0 Å². The molecule has 0 spiro atoms. The first-order valence-corrected chi connectivity index (χ1v) is 10.9. The Kier molecular flexibility index (Phi) is 4.18. The number of pyridine rings is 1. The third-order valence-corrected chi connectivity index (χ3v) is 6.30. The lowest BCUT2D eigenvalue weighted by Crippen LogP contribution is -2.03. The van der Waals surface area contributed by atoms with Crippen molar-refractivity contribution in [3.8, 4) is 17.1 Å². The van der Waals surface area contributed by atoms with Gasteiger partial charge in [-0.15, -0.1) is 0 Å². The molecule has 3 heterocycles. The Bertz CT molecular complexity index is 1510. The van der Waals surface area contributed by atoms with Gasteiger partial charge in [0.2, 0.25) is 0 Å². The van der Waals surface area contributed by atoms with Gasteiger partial charge in [0.1, 0.15) is 11.6 Å². The predicted octanol–water partition coefficient (Wildman–Crippen LogP) is 5.69. The Morgan fingerprint density at radius 3 is 2.66 bits per heavy atom. The van der Waals surface area contributed by atoms with Crippen LogP contribution in [0.15, 0.2) is 54.9 Å². The van der Waals surface area contributed by atoms with Gasteiger partial charge in [0.15, 0.2) is 0 Å². The molecule has 1 fully saturated rings. The molecule has 0 bridgehead atoms. The van der Waals surface area contributed by atoms with E-state index in [0.29, 0.717) is 5.92 Å². The molecule has 0 unspecified atom stereocenters. The monoisotopic (exact) mass is 426 g/mol. The van der Waals surface area contributed by atoms with E-state index < -0.39 is 6.16 Å². The number of ether oxygens (including phenoxy) is 1. The van der Waals surface area contributed by atoms with Crippen LogP contribution in [0.4, 0.5) is 4.79 Å². The number of nitrogens with zero attached hydrogens (tertiary/aromatic N) is 4. The molecule has 0 atom stereocenters. The summed E-state index contributed by atoms with van der Waals surface area (Å²) in [5, 5.41) is 11.3. The molecule has 6 rings (SSSR count). The first-order chi connectivity index (χ1) is 15.6. The maximum absolute atomic E-state index is 11.0. The third kappa shape index (κ3) is 3.00. The first kappa shape index (κ1) is 18.9. The standard InChI is InChI=1S/C25H22N4O3/c1-2-28-21-7-5-16(11-18(21)19-13-26-10-9-22(19)28)24-27-20-12-17(32-25(30)31)6-8-23(20)29(24)14-15-3-4-15/h5-13,15H,2-4,14H2,1H3,(H,30,31). The lowest BCUT2D eigenvalue weighted by atomic mass is 10.1. The molecule has 2 aromatic carbocycles. The number of fused-ring (bicyclic) bond motifs is 4. The lowest BCUT2D eigenvalue weighted by Gasteiger charge is -2.09. The van der Waals surface area contributed by atoms with Crippen LogP contribution in [0.25, 0.3) is 44.2 Å². The van der Waals surface area contributed by atoms with Gasteiger partial charge in [-0.3, -0.25) is 4.98 Å². The smallest absolute Gasteiger partial charge is 0.449 e. The lowest BCUT2D eigenvalue weighted by molar-refractivity contribution is 0.144. The quantitative estimate of drug-likeness (QED) is 0.288. The molecule has 0 radical (unpaired) electrons. The van der Waals surface area contributed by atoms with Crippen LogP contribution in [0.1, 0.15) is 19.8 Å². The van der Waals surface area contributed by atoms with Crippen LogP contribution in [0, 0.1) is 5.92 Å². The van der Waals surface area contributed by atoms with E-state index in [0.717, 1.165) is 46.3 Å². The summed E-state index contributed by atoms with van der Waals surface area (Å²) < 4.78 is 9.41. The maximum atomic E-state index is 11.0. The van der Waals surface area contributed by atoms with E-state index in [-0.39, 0.29) is 5.75 Å². The third-order valence-electron chi connectivity index (χ3n) is 6.30. The van der Waals surface area contributed by atoms with Crippen LogP contribution in [0.2, 0.25) is 0 Å². The van der Waals surface area contributed by atoms with E-state index in [2.05, 4.69) is 45.3 Å². The van der Waals surface area contributed by atoms with E-state index in [1.54, 1.807) is 12.1 Å². The van der Waals surface area contributed by atoms with Gasteiger partial charge in [0, 0.05) is 53.4 Å². The number of aromatic nitrogens is 4. The molecule has 0 saturated heterocycles. The van der Waals surface area contributed by atoms with E-state index in [4.69, 9.17) is 14.8 Å². The second kappa shape index (κ2) is 7.09. The highest BCUT2D eigenvalue weighted by Gasteiger charge is 2.25. The molecule has 32 heavy (non-hydrogen) atoms. The molecule has 0 amide bonds. The molecule has 0 aliphatic heterocycles. The number of hydrogen-bond acceptors (Lipinski definition) is 4. The van der Waals surface area contributed by atoms with Gasteiger partial charge >= 0.3 is 6.16 Å². The average molecular weight is 426 g/mol. The molecule has 1 N–H and O–H groups in total. The van der Waals surface area contributed by atoms with Crippen molar-refractivity contribution in [3.05, 3.63) is 54.9 Å². The zero-order valence-corrected chi connectivity index (χ0v) is 17.7. The highest BCUT2D eigenvalue weighted by molar-refractivity contribution is 6.08. The highest BCUT2D eigenvalue weighted by atomic mass is 16.7. The Balaban J connectivity index is 1.56. The van der Waals surface area contributed by atoms with Crippen molar-refractivity contribution in [2.45, 2.75) is 32.9 Å². The minimum Gasteiger partial charge on any atom is -0.449 e. The topological polar surface area (TPSA) is 82.2 Å². The van der Waals surface area contributed by atoms with Crippen molar-refractivity contribution in [1.82, 2.24) is 19.1 Å². The van der Waals surface area contributed by atoms with Gasteiger partial charge < -0.3 is 19.0 Å². The maximum Gasteiger partial charge on any atom is 0.511 e. The Morgan fingerprint density at radius 2 is 1.88 bits per heavy atom. The fraction of sp³-hybridized carbons (Fsp3) is 0.240. The largest absolute Gasteiger partial charge is 0.511 e. The molecule has 7 heteroatoms. The van der Waals surface area contributed by atoms with Crippen LogP contribution in [0.3, 0.4) is 0 Å². The van der Waals surface area contributed by atoms with Crippen molar-refractivity contribution >= 4 is 39.0 Å². The van der Waals surface area contributed by atoms with Crippen molar-refractivity contribution in [2.75, 3.05) is 0 Å². The van der Waals surface area contributed by atoms with E-state index >= 15 is 0 Å². The highest BCUT2D eigenvalue weighted by Crippen LogP contribution is 2.37. The fourth-order valence-electron chi connectivity index (χ4n) is 4.66. The number of carboxylic acid groups (broad SMARTS) is 1. The fourth-order valence-corrected chi connectivity index (χ4v) is 4.66. The molecule has 5 aromatic rings. The van der Waals surface area contributed by atoms with Gasteiger partial charge in [-0.2, -0.15) is 0 Å². The summed E-state index contributed by atoms with van der Waals surface area (Å²) in [4.78, 5) is 20.2. The van der Waals surface area contributed by atoms with Gasteiger partial charge in [-0.25, -0.2) is 9.78 Å². The SMILES string of the molecule is CCn1c2ccncc2c2cc(-c3nc4cc(OC(=O)O)ccc4n3CC3CC3)ccc21. The van der Waals surface area contributed by atoms with Crippen LogP contribution in [-0.4, -0.2) is 30.4 Å². The van der Waals surface area contributed by atoms with Gasteiger partial charge in [-0.1, -0.05) is 0 Å². The zero-order chi connectivity index (χ0) is 21.8. The number of aryl methyl sites for hydroxylation is 1. The van der Waals surface area contributed by atoms with Crippen molar-refractivity contribution < 1.29 is 14.6 Å². The van der Waals surface area contributed by atoms with Gasteiger partial charge in [0.05, 0.1) is 16.6 Å². The number of rotatable bonds is 5. The van der Waals surface area contributed by atoms with E-state index in [1.165, 1.54) is 23.9 Å². The Hall–Kier alpha value is -3.87. The second-order valence-corrected chi connectivity index (χ2v) is 8.38. The average Bonchev–Trinajstić information content (AvgIpc) is 3.46. The molecule has 1 saturated carbocycles. The second-order valence-electron chi connectivity index (χ2n) is 8.38. The summed E-state index contributed by atoms with van der Waals surface area (Å²) in [6, 6.07) is 13.8. The number of imidazole rings is 1. The summed E-state index contributed by atoms with van der Waals surface area (Å²) >= 11 is 0. The Morgan fingerprint density at radius 1 is 1.06 bits per heavy atom. The van der Waals surface area contributed by atoms with Crippen molar-refractivity contribution in [1.29, 1.82) is 0 Å². The molecular weight excluding hydrogens is 404 g/mol. The molecular formula is C25H22N4O3. The Labute approximate surface area is 183 Å². The van der Waals surface area contributed by atoms with Crippen LogP contribution in [-0.2, 0) is 13.1 Å². The van der Waals surface area contributed by atoms with Crippen LogP contribution >= 0.6 is 0 Å². The van der Waals surface area contributed by atoms with E-state index in [9.17, 15) is 4.79 Å². The van der Waals surface area contributed by atoms with Crippen LogP contribution < -0.4 is 4.74 Å². The molecule has 1 aliphatic rings.